The Bertz CT molecular complexity index is 1210. The molecule has 2 aliphatic rings. The number of nitrogens with one attached hydrogen (secondary N) is 2. The third-order valence-corrected chi connectivity index (χ3v) is 6.44. The lowest BCUT2D eigenvalue weighted by Gasteiger charge is -2.30. The van der Waals surface area contributed by atoms with E-state index in [-0.39, 0.29) is 36.5 Å². The zero-order valence-corrected chi connectivity index (χ0v) is 18.4. The van der Waals surface area contributed by atoms with E-state index >= 15 is 0 Å². The number of H-pyrrole nitrogens is 1. The van der Waals surface area contributed by atoms with Crippen LogP contribution in [-0.4, -0.2) is 57.9 Å². The van der Waals surface area contributed by atoms with Gasteiger partial charge in [-0.2, -0.15) is 5.10 Å². The van der Waals surface area contributed by atoms with E-state index in [9.17, 15) is 19.5 Å². The lowest BCUT2D eigenvalue weighted by molar-refractivity contribution is -0.143. The first-order valence-electron chi connectivity index (χ1n) is 11.2. The van der Waals surface area contributed by atoms with Gasteiger partial charge in [0, 0.05) is 25.1 Å². The summed E-state index contributed by atoms with van der Waals surface area (Å²) in [7, 11) is 0. The summed E-state index contributed by atoms with van der Waals surface area (Å²) in [6.07, 6.45) is 0.509. The predicted octanol–water partition coefficient (Wildman–Crippen LogP) is 3.71. The lowest BCUT2D eigenvalue weighted by Crippen LogP contribution is -2.42. The first-order chi connectivity index (χ1) is 16.5. The summed E-state index contributed by atoms with van der Waals surface area (Å²) in [6, 6.07) is 17.6. The van der Waals surface area contributed by atoms with Crippen molar-refractivity contribution < 1.29 is 24.2 Å². The summed E-state index contributed by atoms with van der Waals surface area (Å²) in [4.78, 5) is 37.9. The molecule has 1 saturated heterocycles. The maximum Gasteiger partial charge on any atom is 0.412 e. The third-order valence-electron chi connectivity index (χ3n) is 6.44. The Kier molecular flexibility index (Phi) is 5.75. The average Bonchev–Trinajstić information content (AvgIpc) is 3.45. The molecule has 1 aromatic heterocycles. The van der Waals surface area contributed by atoms with E-state index in [2.05, 4.69) is 27.6 Å². The number of aliphatic carboxylic acids is 1. The lowest BCUT2D eigenvalue weighted by atomic mass is 9.98. The van der Waals surface area contributed by atoms with Crippen LogP contribution in [0, 0.1) is 5.92 Å². The van der Waals surface area contributed by atoms with Crippen molar-refractivity contribution >= 4 is 23.8 Å². The standard InChI is InChI=1S/C25H24N4O5/c30-23(29-11-5-6-15(13-29)24(31)32)21-12-22(28-27-21)26-25(33)34-14-20-18-9-3-1-7-16(18)17-8-2-4-10-19(17)20/h1-4,7-10,12,15,20H,5-6,11,13-14H2,(H,31,32)(H2,26,27,28,33)/t15-/m1/s1. The predicted molar refractivity (Wildman–Crippen MR) is 124 cm³/mol. The van der Waals surface area contributed by atoms with Crippen molar-refractivity contribution in [2.24, 2.45) is 5.92 Å². The van der Waals surface area contributed by atoms with Gasteiger partial charge in [-0.15, -0.1) is 0 Å². The van der Waals surface area contributed by atoms with Gasteiger partial charge in [-0.05, 0) is 35.1 Å². The van der Waals surface area contributed by atoms with E-state index in [0.717, 1.165) is 22.3 Å². The number of piperidine rings is 1. The number of carboxylic acid groups (broad SMARTS) is 1. The van der Waals surface area contributed by atoms with Crippen LogP contribution in [0.25, 0.3) is 11.1 Å². The molecular formula is C25H24N4O5. The number of carboxylic acids is 1. The number of amides is 2. The van der Waals surface area contributed by atoms with Crippen LogP contribution < -0.4 is 5.32 Å². The van der Waals surface area contributed by atoms with E-state index in [0.29, 0.717) is 19.4 Å². The highest BCUT2D eigenvalue weighted by Crippen LogP contribution is 2.44. The number of nitrogens with zero attached hydrogens (tertiary/aromatic N) is 2. The molecule has 34 heavy (non-hydrogen) atoms. The summed E-state index contributed by atoms with van der Waals surface area (Å²) in [6.45, 7) is 0.805. The molecule has 0 radical (unpaired) electrons. The largest absolute Gasteiger partial charge is 0.481 e. The fourth-order valence-electron chi connectivity index (χ4n) is 4.77. The smallest absolute Gasteiger partial charge is 0.412 e. The summed E-state index contributed by atoms with van der Waals surface area (Å²) in [5, 5.41) is 18.4. The van der Waals surface area contributed by atoms with Crippen LogP contribution in [0.4, 0.5) is 10.6 Å². The van der Waals surface area contributed by atoms with Crippen LogP contribution in [0.2, 0.25) is 0 Å². The van der Waals surface area contributed by atoms with Gasteiger partial charge in [0.15, 0.2) is 5.82 Å². The molecule has 2 amide bonds. The number of anilines is 1. The first kappa shape index (κ1) is 21.7. The molecular weight excluding hydrogens is 436 g/mol. The van der Waals surface area contributed by atoms with E-state index in [1.54, 1.807) is 0 Å². The van der Waals surface area contributed by atoms with Crippen LogP contribution in [0.3, 0.4) is 0 Å². The molecule has 0 spiro atoms. The number of hydrogen-bond acceptors (Lipinski definition) is 5. The molecule has 0 unspecified atom stereocenters. The number of aromatic nitrogens is 2. The Morgan fingerprint density at radius 2 is 1.76 bits per heavy atom. The van der Waals surface area contributed by atoms with Gasteiger partial charge in [0.05, 0.1) is 5.92 Å². The molecule has 1 aliphatic heterocycles. The van der Waals surface area contributed by atoms with Gasteiger partial charge in [-0.3, -0.25) is 20.0 Å². The molecule has 2 heterocycles. The Balaban J connectivity index is 1.20. The molecule has 3 N–H and O–H groups in total. The number of fused-ring (bicyclic) bond motifs is 3. The van der Waals surface area contributed by atoms with Crippen LogP contribution >= 0.6 is 0 Å². The highest BCUT2D eigenvalue weighted by molar-refractivity contribution is 5.94. The summed E-state index contributed by atoms with van der Waals surface area (Å²) in [5.41, 5.74) is 4.70. The van der Waals surface area contributed by atoms with Crippen molar-refractivity contribution in [1.29, 1.82) is 0 Å². The molecule has 1 atom stereocenters. The summed E-state index contributed by atoms with van der Waals surface area (Å²) in [5.74, 6) is -1.72. The second-order valence-electron chi connectivity index (χ2n) is 8.55. The van der Waals surface area contributed by atoms with E-state index in [4.69, 9.17) is 4.74 Å². The van der Waals surface area contributed by atoms with E-state index in [1.807, 2.05) is 36.4 Å². The normalized spacial score (nSPS) is 17.1. The fraction of sp³-hybridized carbons (Fsp3) is 0.280. The van der Waals surface area contributed by atoms with Crippen molar-refractivity contribution in [2.45, 2.75) is 18.8 Å². The van der Waals surface area contributed by atoms with Crippen molar-refractivity contribution in [3.63, 3.8) is 0 Å². The number of likely N-dealkylation sites (tertiary alicyclic amines) is 1. The number of aromatic amines is 1. The molecule has 9 heteroatoms. The molecule has 1 aliphatic carbocycles. The molecule has 9 nitrogen and oxygen atoms in total. The average molecular weight is 460 g/mol. The van der Waals surface area contributed by atoms with Crippen LogP contribution in [0.1, 0.15) is 40.4 Å². The highest BCUT2D eigenvalue weighted by atomic mass is 16.5. The van der Waals surface area contributed by atoms with Crippen LogP contribution in [-0.2, 0) is 9.53 Å². The number of ether oxygens (including phenoxy) is 1. The van der Waals surface area contributed by atoms with Gasteiger partial charge >= 0.3 is 12.1 Å². The van der Waals surface area contributed by atoms with Gasteiger partial charge < -0.3 is 14.7 Å². The molecule has 0 bridgehead atoms. The second kappa shape index (κ2) is 9.01. The van der Waals surface area contributed by atoms with Crippen LogP contribution in [0.15, 0.2) is 54.6 Å². The minimum absolute atomic E-state index is 0.0595. The van der Waals surface area contributed by atoms with Gasteiger partial charge in [-0.1, -0.05) is 48.5 Å². The second-order valence-corrected chi connectivity index (χ2v) is 8.55. The Morgan fingerprint density at radius 1 is 1.09 bits per heavy atom. The topological polar surface area (TPSA) is 125 Å². The van der Waals surface area contributed by atoms with Crippen molar-refractivity contribution in [3.8, 4) is 11.1 Å². The maximum atomic E-state index is 12.7. The Labute approximate surface area is 195 Å². The van der Waals surface area contributed by atoms with Crippen molar-refractivity contribution in [2.75, 3.05) is 25.0 Å². The minimum atomic E-state index is -0.903. The van der Waals surface area contributed by atoms with Gasteiger partial charge in [-0.25, -0.2) is 4.79 Å². The maximum absolute atomic E-state index is 12.7. The third kappa shape index (κ3) is 4.12. The fourth-order valence-corrected chi connectivity index (χ4v) is 4.77. The molecule has 174 valence electrons. The number of carbonyl (C=O) groups excluding carboxylic acids is 2. The van der Waals surface area contributed by atoms with Gasteiger partial charge in [0.1, 0.15) is 12.3 Å². The number of rotatable bonds is 5. The Hall–Kier alpha value is -4.14. The number of carbonyl (C=O) groups is 3. The monoisotopic (exact) mass is 460 g/mol. The molecule has 2 aromatic carbocycles. The highest BCUT2D eigenvalue weighted by Gasteiger charge is 2.30. The Morgan fingerprint density at radius 3 is 2.44 bits per heavy atom. The summed E-state index contributed by atoms with van der Waals surface area (Å²) < 4.78 is 5.51. The number of benzene rings is 2. The minimum Gasteiger partial charge on any atom is -0.481 e. The molecule has 3 aromatic rings. The molecule has 0 saturated carbocycles. The molecule has 5 rings (SSSR count). The van der Waals surface area contributed by atoms with Gasteiger partial charge in [0.25, 0.3) is 5.91 Å². The van der Waals surface area contributed by atoms with Gasteiger partial charge in [0.2, 0.25) is 0 Å². The van der Waals surface area contributed by atoms with Crippen molar-refractivity contribution in [1.82, 2.24) is 15.1 Å². The first-order valence-corrected chi connectivity index (χ1v) is 11.2. The number of hydrogen-bond donors (Lipinski definition) is 3. The van der Waals surface area contributed by atoms with E-state index in [1.165, 1.54) is 11.0 Å². The molecule has 1 fully saturated rings. The van der Waals surface area contributed by atoms with Crippen LogP contribution in [0.5, 0.6) is 0 Å². The van der Waals surface area contributed by atoms with Crippen molar-refractivity contribution in [3.05, 3.63) is 71.4 Å². The summed E-state index contributed by atoms with van der Waals surface area (Å²) >= 11 is 0. The SMILES string of the molecule is O=C(Nc1cc(C(=O)N2CCC[C@@H](C(=O)O)C2)[nH]n1)OCC1c2ccccc2-c2ccccc21. The van der Waals surface area contributed by atoms with E-state index < -0.39 is 18.0 Å². The zero-order valence-electron chi connectivity index (χ0n) is 18.4. The zero-order chi connectivity index (χ0) is 23.7. The quantitative estimate of drug-likeness (QED) is 0.533.